The van der Waals surface area contributed by atoms with Crippen molar-refractivity contribution < 1.29 is 9.94 Å². The van der Waals surface area contributed by atoms with Gasteiger partial charge in [0.05, 0.1) is 18.1 Å². The number of hydrogen-bond donors (Lipinski definition) is 1. The van der Waals surface area contributed by atoms with Gasteiger partial charge in [-0.2, -0.15) is 11.8 Å². The van der Waals surface area contributed by atoms with Gasteiger partial charge in [0, 0.05) is 5.41 Å². The van der Waals surface area contributed by atoms with E-state index in [1.807, 2.05) is 6.07 Å². The van der Waals surface area contributed by atoms with Crippen molar-refractivity contribution in [2.75, 3.05) is 13.4 Å². The molecule has 0 saturated carbocycles. The van der Waals surface area contributed by atoms with Crippen molar-refractivity contribution in [3.8, 4) is 5.75 Å². The van der Waals surface area contributed by atoms with E-state index < -0.39 is 0 Å². The van der Waals surface area contributed by atoms with Crippen LogP contribution in [-0.4, -0.2) is 29.5 Å². The number of methoxy groups -OCH3 is 1. The third-order valence-electron chi connectivity index (χ3n) is 3.73. The van der Waals surface area contributed by atoms with E-state index in [2.05, 4.69) is 37.4 Å². The van der Waals surface area contributed by atoms with Gasteiger partial charge in [0.15, 0.2) is 0 Å². The zero-order valence-electron chi connectivity index (χ0n) is 11.2. The normalized spacial score (nSPS) is 23.8. The largest absolute Gasteiger partial charge is 0.497 e. The maximum absolute atomic E-state index is 9.32. The average Bonchev–Trinajstić information content (AvgIpc) is 2.37. The summed E-state index contributed by atoms with van der Waals surface area (Å²) in [6, 6.07) is 6.16. The Morgan fingerprint density at radius 2 is 2.17 bits per heavy atom. The number of ether oxygens (including phenoxy) is 1. The molecule has 1 aliphatic carbocycles. The summed E-state index contributed by atoms with van der Waals surface area (Å²) in [7, 11) is 1.67. The minimum Gasteiger partial charge on any atom is -0.497 e. The lowest BCUT2D eigenvalue weighted by Crippen LogP contribution is -2.42. The third kappa shape index (κ3) is 1.99. The Hall–Kier alpha value is -1.16. The van der Waals surface area contributed by atoms with Crippen LogP contribution in [0.1, 0.15) is 25.0 Å². The molecule has 0 aromatic heterocycles. The monoisotopic (exact) mass is 265 g/mol. The molecule has 0 bridgehead atoms. The second kappa shape index (κ2) is 4.84. The van der Waals surface area contributed by atoms with Crippen molar-refractivity contribution in [3.63, 3.8) is 0 Å². The molecule has 0 radical (unpaired) electrons. The van der Waals surface area contributed by atoms with Gasteiger partial charge >= 0.3 is 0 Å². The fourth-order valence-electron chi connectivity index (χ4n) is 2.66. The number of nitrogens with zero attached hydrogens (tertiary/aromatic N) is 1. The molecule has 1 N–H and O–H groups in total. The zero-order chi connectivity index (χ0) is 13.3. The predicted octanol–water partition coefficient (Wildman–Crippen LogP) is 3.09. The van der Waals surface area contributed by atoms with Crippen LogP contribution in [0.25, 0.3) is 0 Å². The molecular formula is C14H19NO2S. The highest BCUT2D eigenvalue weighted by Crippen LogP contribution is 2.40. The Morgan fingerprint density at radius 3 is 2.72 bits per heavy atom. The lowest BCUT2D eigenvalue weighted by Gasteiger charge is -2.37. The van der Waals surface area contributed by atoms with Gasteiger partial charge in [-0.05, 0) is 35.9 Å². The molecular weight excluding hydrogens is 246 g/mol. The average molecular weight is 265 g/mol. The fraction of sp³-hybridized carbons (Fsp3) is 0.500. The second-order valence-electron chi connectivity index (χ2n) is 5.06. The number of benzene rings is 1. The van der Waals surface area contributed by atoms with Crippen LogP contribution in [0.3, 0.4) is 0 Å². The standard InChI is InChI=1S/C14H19NO2S/c1-14(2)11-8-10(17-3)6-5-9(11)7-12(18-4)13(14)15-16/h5-6,8,12,16H,7H2,1-4H3/b15-13+. The third-order valence-corrected chi connectivity index (χ3v) is 4.69. The van der Waals surface area contributed by atoms with Gasteiger partial charge in [-0.3, -0.25) is 0 Å². The Balaban J connectivity index is 2.57. The minimum absolute atomic E-state index is 0.242. The lowest BCUT2D eigenvalue weighted by atomic mass is 9.71. The number of thioether (sulfide) groups is 1. The lowest BCUT2D eigenvalue weighted by molar-refractivity contribution is 0.311. The number of hydrogen-bond acceptors (Lipinski definition) is 4. The molecule has 0 aliphatic heterocycles. The Labute approximate surface area is 112 Å². The molecule has 2 rings (SSSR count). The molecule has 0 saturated heterocycles. The maximum atomic E-state index is 9.32. The van der Waals surface area contributed by atoms with Crippen LogP contribution in [0.4, 0.5) is 0 Å². The van der Waals surface area contributed by atoms with Crippen LogP contribution < -0.4 is 4.74 Å². The van der Waals surface area contributed by atoms with Gasteiger partial charge in [-0.15, -0.1) is 0 Å². The number of fused-ring (bicyclic) bond motifs is 1. The van der Waals surface area contributed by atoms with Crippen LogP contribution in [-0.2, 0) is 11.8 Å². The van der Waals surface area contributed by atoms with Crippen LogP contribution in [0, 0.1) is 0 Å². The van der Waals surface area contributed by atoms with Gasteiger partial charge in [0.25, 0.3) is 0 Å². The molecule has 0 fully saturated rings. The topological polar surface area (TPSA) is 41.8 Å². The highest BCUT2D eigenvalue weighted by molar-refractivity contribution is 8.00. The molecule has 0 heterocycles. The van der Waals surface area contributed by atoms with Gasteiger partial charge in [0.2, 0.25) is 0 Å². The van der Waals surface area contributed by atoms with Crippen molar-refractivity contribution in [2.45, 2.75) is 30.9 Å². The van der Waals surface area contributed by atoms with Gasteiger partial charge in [-0.1, -0.05) is 25.1 Å². The van der Waals surface area contributed by atoms with Gasteiger partial charge in [0.1, 0.15) is 5.75 Å². The summed E-state index contributed by atoms with van der Waals surface area (Å²) in [4.78, 5) is 0. The molecule has 4 heteroatoms. The van der Waals surface area contributed by atoms with E-state index in [0.29, 0.717) is 0 Å². The van der Waals surface area contributed by atoms with Crippen LogP contribution >= 0.6 is 11.8 Å². The quantitative estimate of drug-likeness (QED) is 0.660. The molecule has 3 nitrogen and oxygen atoms in total. The first-order valence-electron chi connectivity index (χ1n) is 5.97. The Kier molecular flexibility index (Phi) is 3.57. The van der Waals surface area contributed by atoms with E-state index in [1.165, 1.54) is 11.1 Å². The molecule has 1 atom stereocenters. The molecule has 1 unspecified atom stereocenters. The van der Waals surface area contributed by atoms with Crippen LogP contribution in [0.15, 0.2) is 23.4 Å². The Morgan fingerprint density at radius 1 is 1.44 bits per heavy atom. The molecule has 0 amide bonds. The summed E-state index contributed by atoms with van der Waals surface area (Å²) in [5.74, 6) is 0.849. The minimum atomic E-state index is -0.259. The van der Waals surface area contributed by atoms with E-state index in [-0.39, 0.29) is 10.7 Å². The summed E-state index contributed by atoms with van der Waals surface area (Å²) in [6.07, 6.45) is 2.96. The van der Waals surface area contributed by atoms with Crippen LogP contribution in [0.5, 0.6) is 5.75 Å². The number of oxime groups is 1. The molecule has 1 aliphatic rings. The second-order valence-corrected chi connectivity index (χ2v) is 6.10. The summed E-state index contributed by atoms with van der Waals surface area (Å²) in [5, 5.41) is 13.1. The zero-order valence-corrected chi connectivity index (χ0v) is 12.0. The molecule has 1 aromatic carbocycles. The highest BCUT2D eigenvalue weighted by Gasteiger charge is 2.39. The van der Waals surface area contributed by atoms with Crippen molar-refractivity contribution in [3.05, 3.63) is 29.3 Å². The molecule has 98 valence electrons. The first kappa shape index (κ1) is 13.3. The summed E-state index contributed by atoms with van der Waals surface area (Å²) < 4.78 is 5.29. The van der Waals surface area contributed by atoms with E-state index in [4.69, 9.17) is 4.74 Å². The Bertz CT molecular complexity index is 483. The van der Waals surface area contributed by atoms with Crippen molar-refractivity contribution in [1.29, 1.82) is 0 Å². The molecule has 0 spiro atoms. The van der Waals surface area contributed by atoms with Crippen molar-refractivity contribution in [2.24, 2.45) is 5.16 Å². The predicted molar refractivity (Wildman–Crippen MR) is 76.2 cm³/mol. The number of rotatable bonds is 2. The van der Waals surface area contributed by atoms with E-state index >= 15 is 0 Å². The van der Waals surface area contributed by atoms with Crippen LogP contribution in [0.2, 0.25) is 0 Å². The smallest absolute Gasteiger partial charge is 0.119 e. The van der Waals surface area contributed by atoms with E-state index in [9.17, 15) is 5.21 Å². The summed E-state index contributed by atoms with van der Waals surface area (Å²) in [5.41, 5.74) is 3.09. The SMILES string of the molecule is COc1ccc2c(c1)C(C)(C)/C(=N/O)C(SC)C2. The summed E-state index contributed by atoms with van der Waals surface area (Å²) >= 11 is 1.73. The first-order chi connectivity index (χ1) is 8.54. The first-order valence-corrected chi connectivity index (χ1v) is 7.26. The van der Waals surface area contributed by atoms with E-state index in [1.54, 1.807) is 18.9 Å². The maximum Gasteiger partial charge on any atom is 0.119 e. The van der Waals surface area contributed by atoms with Crippen molar-refractivity contribution >= 4 is 17.5 Å². The van der Waals surface area contributed by atoms with E-state index in [0.717, 1.165) is 17.9 Å². The molecule has 1 aromatic rings. The fourth-order valence-corrected chi connectivity index (χ4v) is 3.57. The summed E-state index contributed by atoms with van der Waals surface area (Å²) in [6.45, 7) is 4.20. The highest BCUT2D eigenvalue weighted by atomic mass is 32.2. The molecule has 18 heavy (non-hydrogen) atoms. The van der Waals surface area contributed by atoms with Gasteiger partial charge in [-0.25, -0.2) is 0 Å². The van der Waals surface area contributed by atoms with Gasteiger partial charge < -0.3 is 9.94 Å². The van der Waals surface area contributed by atoms with Crippen molar-refractivity contribution in [1.82, 2.24) is 0 Å².